The van der Waals surface area contributed by atoms with Crippen LogP contribution in [0.1, 0.15) is 6.42 Å². The highest BCUT2D eigenvalue weighted by molar-refractivity contribution is 6.36. The van der Waals surface area contributed by atoms with Gasteiger partial charge >= 0.3 is 6.03 Å². The number of amides is 4. The summed E-state index contributed by atoms with van der Waals surface area (Å²) < 4.78 is 13.5. The molecule has 1 heterocycles. The molecule has 0 aliphatic carbocycles. The van der Waals surface area contributed by atoms with Crippen molar-refractivity contribution in [2.45, 2.75) is 6.42 Å². The second kappa shape index (κ2) is 4.14. The van der Waals surface area contributed by atoms with Crippen molar-refractivity contribution in [3.63, 3.8) is 0 Å². The van der Waals surface area contributed by atoms with Crippen molar-refractivity contribution in [2.75, 3.05) is 4.90 Å². The van der Waals surface area contributed by atoms with E-state index in [9.17, 15) is 18.8 Å². The number of carbonyl (C=O) groups is 3. The first kappa shape index (κ1) is 11.5. The van der Waals surface area contributed by atoms with Crippen LogP contribution in [0, 0.1) is 5.82 Å². The van der Waals surface area contributed by atoms with Crippen molar-refractivity contribution in [3.8, 4) is 0 Å². The molecule has 88 valence electrons. The molecule has 0 spiro atoms. The van der Waals surface area contributed by atoms with Crippen LogP contribution in [0.4, 0.5) is 14.9 Å². The Morgan fingerprint density at radius 3 is 2.59 bits per heavy atom. The fraction of sp³-hybridized carbons (Fsp3) is 0.100. The summed E-state index contributed by atoms with van der Waals surface area (Å²) in [6.07, 6.45) is -0.517. The smallest absolute Gasteiger partial charge is 0.277 e. The summed E-state index contributed by atoms with van der Waals surface area (Å²) in [5.41, 5.74) is -0.343. The molecule has 0 atom stereocenters. The van der Waals surface area contributed by atoms with Gasteiger partial charge in [-0.2, -0.15) is 0 Å². The van der Waals surface area contributed by atoms with E-state index in [4.69, 9.17) is 11.6 Å². The fourth-order valence-electron chi connectivity index (χ4n) is 1.48. The normalized spacial score (nSPS) is 16.1. The monoisotopic (exact) mass is 256 g/mol. The van der Waals surface area contributed by atoms with Crippen LogP contribution in [-0.4, -0.2) is 17.8 Å². The fourth-order valence-corrected chi connectivity index (χ4v) is 1.73. The van der Waals surface area contributed by atoms with Crippen LogP contribution in [0.15, 0.2) is 18.2 Å². The van der Waals surface area contributed by atoms with Crippen molar-refractivity contribution in [1.29, 1.82) is 0 Å². The Balaban J connectivity index is 2.49. The molecular weight excluding hydrogens is 251 g/mol. The van der Waals surface area contributed by atoms with Crippen molar-refractivity contribution < 1.29 is 18.8 Å². The second-order valence-electron chi connectivity index (χ2n) is 3.33. The van der Waals surface area contributed by atoms with Crippen LogP contribution in [-0.2, 0) is 9.59 Å². The molecule has 1 aromatic carbocycles. The van der Waals surface area contributed by atoms with Gasteiger partial charge in [-0.05, 0) is 12.1 Å². The largest absolute Gasteiger partial charge is 0.335 e. The number of halogens is 2. The molecule has 0 saturated carbocycles. The third-order valence-electron chi connectivity index (χ3n) is 2.17. The third-order valence-corrected chi connectivity index (χ3v) is 2.48. The number of rotatable bonds is 1. The summed E-state index contributed by atoms with van der Waals surface area (Å²) in [4.78, 5) is 34.5. The number of nitrogens with one attached hydrogen (secondary N) is 1. The summed E-state index contributed by atoms with van der Waals surface area (Å²) in [5, 5.41) is 1.83. The number of carbonyl (C=O) groups excluding carboxylic acids is 3. The molecule has 1 aliphatic rings. The summed E-state index contributed by atoms with van der Waals surface area (Å²) >= 11 is 5.73. The number of anilines is 1. The van der Waals surface area contributed by atoms with E-state index in [0.717, 1.165) is 6.07 Å². The van der Waals surface area contributed by atoms with Crippen molar-refractivity contribution >= 4 is 35.1 Å². The van der Waals surface area contributed by atoms with Crippen molar-refractivity contribution in [1.82, 2.24) is 5.32 Å². The van der Waals surface area contributed by atoms with Crippen LogP contribution in [0.2, 0.25) is 5.02 Å². The summed E-state index contributed by atoms with van der Waals surface area (Å²) in [5.74, 6) is -2.34. The number of imide groups is 2. The number of hydrogen-bond donors (Lipinski definition) is 1. The molecular formula is C10H6ClFN2O3. The molecule has 17 heavy (non-hydrogen) atoms. The molecule has 0 aromatic heterocycles. The first-order chi connectivity index (χ1) is 8.00. The van der Waals surface area contributed by atoms with E-state index >= 15 is 0 Å². The van der Waals surface area contributed by atoms with Gasteiger partial charge in [0, 0.05) is 0 Å². The average molecular weight is 257 g/mol. The molecule has 1 fully saturated rings. The first-order valence-corrected chi connectivity index (χ1v) is 4.99. The standard InChI is InChI=1S/C10H6ClFN2O3/c11-5-2-1-3-6(12)9(5)14-8(16)4-7(15)13-10(14)17/h1-3H,4H2,(H,13,15,17). The highest BCUT2D eigenvalue weighted by Crippen LogP contribution is 2.30. The minimum atomic E-state index is -1.00. The molecule has 1 aliphatic heterocycles. The molecule has 1 aromatic rings. The van der Waals surface area contributed by atoms with Crippen molar-refractivity contribution in [2.24, 2.45) is 0 Å². The SMILES string of the molecule is O=C1CC(=O)N(c2c(F)cccc2Cl)C(=O)N1. The van der Waals surface area contributed by atoms with Gasteiger partial charge in [0.1, 0.15) is 17.9 Å². The van der Waals surface area contributed by atoms with E-state index in [0.29, 0.717) is 4.90 Å². The Labute approximate surface area is 100 Å². The third kappa shape index (κ3) is 1.99. The average Bonchev–Trinajstić information content (AvgIpc) is 2.21. The van der Waals surface area contributed by atoms with Crippen LogP contribution >= 0.6 is 11.6 Å². The highest BCUT2D eigenvalue weighted by Gasteiger charge is 2.34. The lowest BCUT2D eigenvalue weighted by molar-refractivity contribution is -0.128. The van der Waals surface area contributed by atoms with Gasteiger partial charge in [-0.1, -0.05) is 17.7 Å². The van der Waals surface area contributed by atoms with Crippen LogP contribution in [0.3, 0.4) is 0 Å². The van der Waals surface area contributed by atoms with Crippen molar-refractivity contribution in [3.05, 3.63) is 29.0 Å². The Morgan fingerprint density at radius 1 is 1.29 bits per heavy atom. The van der Waals surface area contributed by atoms with Crippen LogP contribution in [0.5, 0.6) is 0 Å². The second-order valence-corrected chi connectivity index (χ2v) is 3.74. The molecule has 2 rings (SSSR count). The molecule has 0 unspecified atom stereocenters. The van der Waals surface area contributed by atoms with E-state index in [2.05, 4.69) is 0 Å². The van der Waals surface area contributed by atoms with Gasteiger partial charge in [0.25, 0.3) is 0 Å². The zero-order chi connectivity index (χ0) is 12.6. The molecule has 7 heteroatoms. The topological polar surface area (TPSA) is 66.5 Å². The van der Waals surface area contributed by atoms with Gasteiger partial charge in [-0.25, -0.2) is 14.1 Å². The van der Waals surface area contributed by atoms with Gasteiger partial charge in [0.05, 0.1) is 5.02 Å². The van der Waals surface area contributed by atoms with Gasteiger partial charge in [0.2, 0.25) is 11.8 Å². The number of barbiturate groups is 1. The minimum Gasteiger partial charge on any atom is -0.277 e. The summed E-state index contributed by atoms with van der Waals surface area (Å²) in [6.45, 7) is 0. The predicted molar refractivity (Wildman–Crippen MR) is 57.1 cm³/mol. The molecule has 5 nitrogen and oxygen atoms in total. The quantitative estimate of drug-likeness (QED) is 0.774. The Kier molecular flexibility index (Phi) is 2.81. The van der Waals surface area contributed by atoms with E-state index in [1.165, 1.54) is 12.1 Å². The first-order valence-electron chi connectivity index (χ1n) is 4.61. The molecule has 4 amide bonds. The molecule has 1 N–H and O–H groups in total. The maximum absolute atomic E-state index is 13.5. The number of benzene rings is 1. The van der Waals surface area contributed by atoms with E-state index in [1.807, 2.05) is 5.32 Å². The van der Waals surface area contributed by atoms with Gasteiger partial charge in [0.15, 0.2) is 0 Å². The lowest BCUT2D eigenvalue weighted by Gasteiger charge is -2.25. The number of nitrogens with zero attached hydrogens (tertiary/aromatic N) is 1. The van der Waals surface area contributed by atoms with Crippen LogP contribution < -0.4 is 10.2 Å². The summed E-state index contributed by atoms with van der Waals surface area (Å²) in [6, 6.07) is 2.76. The van der Waals surface area contributed by atoms with Gasteiger partial charge < -0.3 is 0 Å². The number of hydrogen-bond acceptors (Lipinski definition) is 3. The highest BCUT2D eigenvalue weighted by atomic mass is 35.5. The lowest BCUT2D eigenvalue weighted by Crippen LogP contribution is -2.53. The zero-order valence-electron chi connectivity index (χ0n) is 8.37. The Morgan fingerprint density at radius 2 is 2.00 bits per heavy atom. The predicted octanol–water partition coefficient (Wildman–Crippen LogP) is 1.45. The lowest BCUT2D eigenvalue weighted by atomic mass is 10.2. The molecule has 0 bridgehead atoms. The zero-order valence-corrected chi connectivity index (χ0v) is 9.12. The molecule has 0 radical (unpaired) electrons. The van der Waals surface area contributed by atoms with Gasteiger partial charge in [-0.15, -0.1) is 0 Å². The van der Waals surface area contributed by atoms with E-state index in [1.54, 1.807) is 0 Å². The number of urea groups is 1. The van der Waals surface area contributed by atoms with E-state index in [-0.39, 0.29) is 10.7 Å². The minimum absolute atomic E-state index is 0.0807. The number of para-hydroxylation sites is 1. The molecule has 1 saturated heterocycles. The van der Waals surface area contributed by atoms with Gasteiger partial charge in [-0.3, -0.25) is 14.9 Å². The Hall–Kier alpha value is -1.95. The maximum Gasteiger partial charge on any atom is 0.335 e. The maximum atomic E-state index is 13.5. The summed E-state index contributed by atoms with van der Waals surface area (Å²) in [7, 11) is 0. The Bertz CT molecular complexity index is 492. The van der Waals surface area contributed by atoms with Crippen LogP contribution in [0.25, 0.3) is 0 Å². The van der Waals surface area contributed by atoms with E-state index < -0.39 is 30.1 Å².